The average Bonchev–Trinajstić information content (AvgIpc) is 2.86. The number of carboxylic acid groups (broad SMARTS) is 1. The molecule has 0 fully saturated rings. The van der Waals surface area contributed by atoms with Crippen molar-refractivity contribution in [3.8, 4) is 6.07 Å². The highest BCUT2D eigenvalue weighted by Crippen LogP contribution is 2.35. The molecular formula is C14H13N5O2. The largest absolute Gasteiger partial charge is 0.481 e. The molecule has 0 aliphatic carbocycles. The van der Waals surface area contributed by atoms with Crippen molar-refractivity contribution < 1.29 is 9.90 Å². The minimum Gasteiger partial charge on any atom is -0.481 e. The molecule has 0 saturated heterocycles. The van der Waals surface area contributed by atoms with Crippen molar-refractivity contribution in [3.05, 3.63) is 41.2 Å². The second-order valence-corrected chi connectivity index (χ2v) is 5.07. The van der Waals surface area contributed by atoms with Crippen LogP contribution in [-0.2, 0) is 11.3 Å². The van der Waals surface area contributed by atoms with Crippen LogP contribution >= 0.6 is 0 Å². The van der Waals surface area contributed by atoms with E-state index in [-0.39, 0.29) is 11.9 Å². The Balaban J connectivity index is 1.95. The van der Waals surface area contributed by atoms with Gasteiger partial charge in [0.1, 0.15) is 11.7 Å². The average molecular weight is 283 g/mol. The number of hydrogen-bond donors (Lipinski definition) is 2. The molecule has 1 aromatic heterocycles. The van der Waals surface area contributed by atoms with Gasteiger partial charge in [-0.05, 0) is 24.1 Å². The molecule has 0 bridgehead atoms. The molecule has 7 heteroatoms. The van der Waals surface area contributed by atoms with Crippen molar-refractivity contribution in [2.45, 2.75) is 24.8 Å². The first kappa shape index (κ1) is 13.1. The van der Waals surface area contributed by atoms with Gasteiger partial charge in [-0.1, -0.05) is 12.1 Å². The monoisotopic (exact) mass is 283 g/mol. The van der Waals surface area contributed by atoms with Gasteiger partial charge in [-0.25, -0.2) is 4.68 Å². The second kappa shape index (κ2) is 4.90. The maximum atomic E-state index is 11.4. The summed E-state index contributed by atoms with van der Waals surface area (Å²) < 4.78 is 1.57. The molecule has 7 nitrogen and oxygen atoms in total. The Hall–Kier alpha value is -2.88. The Morgan fingerprint density at radius 3 is 2.76 bits per heavy atom. The van der Waals surface area contributed by atoms with Crippen molar-refractivity contribution in [3.63, 3.8) is 0 Å². The van der Waals surface area contributed by atoms with E-state index in [1.54, 1.807) is 16.8 Å². The van der Waals surface area contributed by atoms with Crippen LogP contribution in [0.2, 0.25) is 0 Å². The molecular weight excluding hydrogens is 270 g/mol. The summed E-state index contributed by atoms with van der Waals surface area (Å²) in [6.45, 7) is 0.537. The second-order valence-electron chi connectivity index (χ2n) is 5.07. The van der Waals surface area contributed by atoms with E-state index in [2.05, 4.69) is 16.2 Å². The molecule has 2 aromatic rings. The quantitative estimate of drug-likeness (QED) is 0.851. The highest BCUT2D eigenvalue weighted by molar-refractivity contribution is 5.75. The Morgan fingerprint density at radius 2 is 2.14 bits per heavy atom. The molecule has 0 amide bonds. The fourth-order valence-corrected chi connectivity index (χ4v) is 2.72. The third-order valence-electron chi connectivity index (χ3n) is 3.75. The maximum absolute atomic E-state index is 11.4. The van der Waals surface area contributed by atoms with Crippen molar-refractivity contribution >= 4 is 11.9 Å². The number of nitrogens with zero attached hydrogens (tertiary/aromatic N) is 4. The number of carbonyl (C=O) groups is 1. The van der Waals surface area contributed by atoms with Gasteiger partial charge >= 0.3 is 5.97 Å². The molecule has 3 rings (SSSR count). The van der Waals surface area contributed by atoms with Crippen LogP contribution in [0.25, 0.3) is 0 Å². The molecule has 1 aromatic carbocycles. The lowest BCUT2D eigenvalue weighted by atomic mass is 9.85. The smallest absolute Gasteiger partial charge is 0.314 e. The minimum absolute atomic E-state index is 0.00689. The molecule has 0 saturated carbocycles. The number of rotatable bonds is 2. The number of hydrogen-bond acceptors (Lipinski definition) is 5. The normalized spacial score (nSPS) is 20.5. The lowest BCUT2D eigenvalue weighted by Gasteiger charge is -2.27. The van der Waals surface area contributed by atoms with Crippen LogP contribution < -0.4 is 5.73 Å². The van der Waals surface area contributed by atoms with E-state index in [0.29, 0.717) is 24.4 Å². The van der Waals surface area contributed by atoms with E-state index in [1.165, 1.54) is 0 Å². The van der Waals surface area contributed by atoms with E-state index in [9.17, 15) is 9.90 Å². The summed E-state index contributed by atoms with van der Waals surface area (Å²) in [5.74, 6) is -1.14. The summed E-state index contributed by atoms with van der Waals surface area (Å²) >= 11 is 0. The lowest BCUT2D eigenvalue weighted by Crippen LogP contribution is -2.28. The van der Waals surface area contributed by atoms with E-state index < -0.39 is 11.9 Å². The van der Waals surface area contributed by atoms with Gasteiger partial charge in [0.2, 0.25) is 5.95 Å². The van der Waals surface area contributed by atoms with Crippen LogP contribution in [-0.4, -0.2) is 25.8 Å². The zero-order chi connectivity index (χ0) is 15.0. The van der Waals surface area contributed by atoms with E-state index in [0.717, 1.165) is 5.56 Å². The van der Waals surface area contributed by atoms with Gasteiger partial charge in [0.25, 0.3) is 0 Å². The summed E-state index contributed by atoms with van der Waals surface area (Å²) in [5, 5.41) is 22.3. The molecule has 1 aliphatic heterocycles. The number of fused-ring (bicyclic) bond motifs is 1. The van der Waals surface area contributed by atoms with Crippen LogP contribution in [0.15, 0.2) is 24.3 Å². The Bertz CT molecular complexity index is 729. The Kier molecular flexibility index (Phi) is 3.06. The molecule has 2 unspecified atom stereocenters. The van der Waals surface area contributed by atoms with E-state index in [4.69, 9.17) is 11.0 Å². The molecule has 2 heterocycles. The van der Waals surface area contributed by atoms with Crippen molar-refractivity contribution in [1.29, 1.82) is 5.26 Å². The lowest BCUT2D eigenvalue weighted by molar-refractivity contribution is -0.139. The number of aromatic nitrogens is 3. The van der Waals surface area contributed by atoms with Gasteiger partial charge in [-0.15, -0.1) is 5.10 Å². The number of nitrogens with two attached hydrogens (primary N) is 1. The predicted molar refractivity (Wildman–Crippen MR) is 73.3 cm³/mol. The van der Waals surface area contributed by atoms with Crippen LogP contribution in [0.5, 0.6) is 0 Å². The first-order valence-corrected chi connectivity index (χ1v) is 6.51. The standard InChI is InChI=1S/C14H13N5O2/c15-6-8-1-3-9(4-2-8)10-5-11(13(20)21)12-17-14(16)18-19(12)7-10/h1-4,10-11H,5,7H2,(H2,16,18)(H,20,21). The SMILES string of the molecule is N#Cc1ccc(C2CC(C(=O)O)c3nc(N)nn3C2)cc1. The molecule has 0 spiro atoms. The molecule has 0 radical (unpaired) electrons. The van der Waals surface area contributed by atoms with Gasteiger partial charge in [-0.3, -0.25) is 4.79 Å². The van der Waals surface area contributed by atoms with Crippen LogP contribution in [0.3, 0.4) is 0 Å². The van der Waals surface area contributed by atoms with Crippen LogP contribution in [0.4, 0.5) is 5.95 Å². The van der Waals surface area contributed by atoms with Gasteiger partial charge in [-0.2, -0.15) is 10.2 Å². The summed E-state index contributed by atoms with van der Waals surface area (Å²) in [7, 11) is 0. The summed E-state index contributed by atoms with van der Waals surface area (Å²) in [6.07, 6.45) is 0.444. The van der Waals surface area contributed by atoms with E-state index >= 15 is 0 Å². The fraction of sp³-hybridized carbons (Fsp3) is 0.286. The zero-order valence-corrected chi connectivity index (χ0v) is 11.1. The Labute approximate surface area is 120 Å². The molecule has 1 aliphatic rings. The van der Waals surface area contributed by atoms with Gasteiger partial charge < -0.3 is 10.8 Å². The molecule has 2 atom stereocenters. The predicted octanol–water partition coefficient (Wildman–Crippen LogP) is 1.09. The highest BCUT2D eigenvalue weighted by Gasteiger charge is 2.35. The number of benzene rings is 1. The summed E-state index contributed by atoms with van der Waals surface area (Å²) in [5.41, 5.74) is 7.14. The van der Waals surface area contributed by atoms with Crippen molar-refractivity contribution in [2.24, 2.45) is 0 Å². The maximum Gasteiger partial charge on any atom is 0.314 e. The third kappa shape index (κ3) is 2.31. The summed E-state index contributed by atoms with van der Waals surface area (Å²) in [6, 6.07) is 9.24. The van der Waals surface area contributed by atoms with Crippen molar-refractivity contribution in [1.82, 2.24) is 14.8 Å². The zero-order valence-electron chi connectivity index (χ0n) is 11.1. The van der Waals surface area contributed by atoms with Crippen LogP contribution in [0, 0.1) is 11.3 Å². The van der Waals surface area contributed by atoms with Gasteiger partial charge in [0.15, 0.2) is 0 Å². The number of anilines is 1. The highest BCUT2D eigenvalue weighted by atomic mass is 16.4. The summed E-state index contributed by atoms with van der Waals surface area (Å²) in [4.78, 5) is 15.5. The minimum atomic E-state index is -0.929. The van der Waals surface area contributed by atoms with Gasteiger partial charge in [0.05, 0.1) is 18.2 Å². The van der Waals surface area contributed by atoms with E-state index in [1.807, 2.05) is 12.1 Å². The third-order valence-corrected chi connectivity index (χ3v) is 3.75. The first-order valence-electron chi connectivity index (χ1n) is 6.51. The molecule has 106 valence electrons. The van der Waals surface area contributed by atoms with Crippen LogP contribution in [0.1, 0.15) is 35.2 Å². The van der Waals surface area contributed by atoms with Gasteiger partial charge in [0, 0.05) is 5.92 Å². The first-order chi connectivity index (χ1) is 10.1. The number of aliphatic carboxylic acids is 1. The number of nitrogen functional groups attached to an aromatic ring is 1. The molecule has 3 N–H and O–H groups in total. The number of nitriles is 1. The van der Waals surface area contributed by atoms with Crippen molar-refractivity contribution in [2.75, 3.05) is 5.73 Å². The fourth-order valence-electron chi connectivity index (χ4n) is 2.72. The Morgan fingerprint density at radius 1 is 1.43 bits per heavy atom. The topological polar surface area (TPSA) is 118 Å². The molecule has 21 heavy (non-hydrogen) atoms. The number of carboxylic acids is 1.